The first-order valence-electron chi connectivity index (χ1n) is 8.11. The van der Waals surface area contributed by atoms with Crippen molar-refractivity contribution in [3.63, 3.8) is 0 Å². The van der Waals surface area contributed by atoms with Crippen LogP contribution in [0.2, 0.25) is 0 Å². The van der Waals surface area contributed by atoms with Crippen molar-refractivity contribution in [2.75, 3.05) is 13.1 Å². The van der Waals surface area contributed by atoms with Gasteiger partial charge in [0.15, 0.2) is 0 Å². The molecule has 1 aromatic rings. The van der Waals surface area contributed by atoms with E-state index in [-0.39, 0.29) is 11.8 Å². The number of likely N-dealkylation sites (tertiary alicyclic amines) is 1. The third-order valence-corrected chi connectivity index (χ3v) is 5.81. The number of benzene rings is 1. The highest BCUT2D eigenvalue weighted by Crippen LogP contribution is 2.46. The van der Waals surface area contributed by atoms with E-state index >= 15 is 0 Å². The normalized spacial score (nSPS) is 25.5. The summed E-state index contributed by atoms with van der Waals surface area (Å²) in [5, 5.41) is 11.3. The quantitative estimate of drug-likeness (QED) is 0.725. The van der Waals surface area contributed by atoms with Gasteiger partial charge in [-0.3, -0.25) is 4.79 Å². The van der Waals surface area contributed by atoms with Gasteiger partial charge >= 0.3 is 0 Å². The van der Waals surface area contributed by atoms with E-state index < -0.39 is 17.1 Å². The zero-order valence-corrected chi connectivity index (χ0v) is 16.5. The number of piperidine rings is 1. The van der Waals surface area contributed by atoms with Gasteiger partial charge in [0.25, 0.3) is 0 Å². The lowest BCUT2D eigenvalue weighted by Gasteiger charge is -2.51. The van der Waals surface area contributed by atoms with Crippen molar-refractivity contribution in [2.24, 2.45) is 17.1 Å². The molecule has 1 aromatic carbocycles. The molecule has 0 aliphatic carbocycles. The Balaban J connectivity index is 2.23. The maximum Gasteiger partial charge on any atom is 0.239 e. The Bertz CT molecular complexity index is 571. The monoisotopic (exact) mass is 430 g/mol. The number of aliphatic hydroxyl groups is 1. The Morgan fingerprint density at radius 1 is 1.30 bits per heavy atom. The van der Waals surface area contributed by atoms with Gasteiger partial charge in [-0.2, -0.15) is 0 Å². The molecule has 1 saturated heterocycles. The molecule has 1 aliphatic rings. The number of hydrogen-bond acceptors (Lipinski definition) is 3. The molecule has 0 unspecified atom stereocenters. The van der Waals surface area contributed by atoms with Crippen molar-refractivity contribution in [3.05, 3.63) is 33.4 Å². The van der Waals surface area contributed by atoms with Crippen LogP contribution < -0.4 is 5.73 Å². The van der Waals surface area contributed by atoms with E-state index in [2.05, 4.69) is 22.6 Å². The first-order valence-corrected chi connectivity index (χ1v) is 9.19. The summed E-state index contributed by atoms with van der Waals surface area (Å²) in [5.41, 5.74) is 5.57. The molecule has 1 aliphatic heterocycles. The number of nitrogens with zero attached hydrogens (tertiary/aromatic N) is 1. The average molecular weight is 430 g/mol. The van der Waals surface area contributed by atoms with E-state index in [1.165, 1.54) is 0 Å². The zero-order chi connectivity index (χ0) is 17.4. The van der Waals surface area contributed by atoms with Crippen LogP contribution in [0.1, 0.15) is 39.7 Å². The molecule has 4 nitrogen and oxygen atoms in total. The maximum atomic E-state index is 12.5. The van der Waals surface area contributed by atoms with Crippen molar-refractivity contribution in [2.45, 2.75) is 45.8 Å². The van der Waals surface area contributed by atoms with Crippen LogP contribution in [0.25, 0.3) is 0 Å². The van der Waals surface area contributed by atoms with E-state index in [0.717, 1.165) is 9.13 Å². The van der Waals surface area contributed by atoms with E-state index in [9.17, 15) is 9.90 Å². The molecule has 1 heterocycles. The predicted molar refractivity (Wildman–Crippen MR) is 101 cm³/mol. The lowest BCUT2D eigenvalue weighted by molar-refractivity contribution is -0.155. The highest BCUT2D eigenvalue weighted by Gasteiger charge is 2.50. The van der Waals surface area contributed by atoms with Gasteiger partial charge in [0, 0.05) is 22.1 Å². The Kier molecular flexibility index (Phi) is 5.43. The summed E-state index contributed by atoms with van der Waals surface area (Å²) in [5.74, 6) is 0.0976. The van der Waals surface area contributed by atoms with Crippen LogP contribution in [-0.2, 0) is 10.4 Å². The summed E-state index contributed by atoms with van der Waals surface area (Å²) in [6.07, 6.45) is 0.525. The van der Waals surface area contributed by atoms with Gasteiger partial charge in [0.2, 0.25) is 5.91 Å². The third-order valence-electron chi connectivity index (χ3n) is 5.09. The van der Waals surface area contributed by atoms with Crippen LogP contribution in [0.3, 0.4) is 0 Å². The zero-order valence-electron chi connectivity index (χ0n) is 14.3. The Morgan fingerprint density at radius 2 is 1.87 bits per heavy atom. The van der Waals surface area contributed by atoms with E-state index in [0.29, 0.717) is 19.5 Å². The van der Waals surface area contributed by atoms with Crippen molar-refractivity contribution in [1.29, 1.82) is 0 Å². The van der Waals surface area contributed by atoms with Gasteiger partial charge in [0.05, 0.1) is 11.6 Å². The maximum absolute atomic E-state index is 12.5. The molecule has 5 heteroatoms. The molecule has 1 fully saturated rings. The van der Waals surface area contributed by atoms with E-state index in [4.69, 9.17) is 5.73 Å². The summed E-state index contributed by atoms with van der Waals surface area (Å²) in [7, 11) is 0. The molecule has 0 saturated carbocycles. The van der Waals surface area contributed by atoms with Crippen molar-refractivity contribution < 1.29 is 9.90 Å². The van der Waals surface area contributed by atoms with Gasteiger partial charge in [-0.05, 0) is 52.6 Å². The van der Waals surface area contributed by atoms with Gasteiger partial charge in [-0.25, -0.2) is 0 Å². The SMILES string of the molecule is CC(C)[C@@H](N)C(=O)N1CC[C@](O)(c2ccc(I)cc2)C(C)(C)C1. The largest absolute Gasteiger partial charge is 0.384 e. The minimum Gasteiger partial charge on any atom is -0.384 e. The van der Waals surface area contributed by atoms with Crippen LogP contribution in [-0.4, -0.2) is 35.0 Å². The van der Waals surface area contributed by atoms with Crippen molar-refractivity contribution >= 4 is 28.5 Å². The molecule has 0 spiro atoms. The number of halogens is 1. The fourth-order valence-corrected chi connectivity index (χ4v) is 3.63. The van der Waals surface area contributed by atoms with Crippen molar-refractivity contribution in [1.82, 2.24) is 4.90 Å². The highest BCUT2D eigenvalue weighted by atomic mass is 127. The Labute approximate surface area is 152 Å². The lowest BCUT2D eigenvalue weighted by Crippen LogP contribution is -2.59. The number of carbonyl (C=O) groups is 1. The minimum absolute atomic E-state index is 0.0160. The topological polar surface area (TPSA) is 66.6 Å². The molecule has 0 bridgehead atoms. The summed E-state index contributed by atoms with van der Waals surface area (Å²) in [6, 6.07) is 7.52. The van der Waals surface area contributed by atoms with Crippen LogP contribution in [0.15, 0.2) is 24.3 Å². The Morgan fingerprint density at radius 3 is 2.35 bits per heavy atom. The molecular weight excluding hydrogens is 403 g/mol. The second kappa shape index (κ2) is 6.69. The van der Waals surface area contributed by atoms with Gasteiger partial charge in [0.1, 0.15) is 0 Å². The van der Waals surface area contributed by atoms with Gasteiger partial charge in [-0.15, -0.1) is 0 Å². The van der Waals surface area contributed by atoms with Crippen LogP contribution >= 0.6 is 22.6 Å². The van der Waals surface area contributed by atoms with E-state index in [1.54, 1.807) is 0 Å². The molecule has 0 aromatic heterocycles. The fourth-order valence-electron chi connectivity index (χ4n) is 3.27. The standard InChI is InChI=1S/C18H27IN2O2/c1-12(2)15(20)16(22)21-10-9-18(23,17(3,4)11-21)13-5-7-14(19)8-6-13/h5-8,12,15,23H,9-11,20H2,1-4H3/t15-,18+/m1/s1. The summed E-state index contributed by atoms with van der Waals surface area (Å²) in [4.78, 5) is 14.3. The number of rotatable bonds is 3. The molecule has 2 atom stereocenters. The van der Waals surface area contributed by atoms with Crippen LogP contribution in [0.4, 0.5) is 0 Å². The number of amides is 1. The third kappa shape index (κ3) is 3.56. The van der Waals surface area contributed by atoms with E-state index in [1.807, 2.05) is 56.9 Å². The molecule has 0 radical (unpaired) electrons. The second-order valence-electron chi connectivity index (χ2n) is 7.53. The van der Waals surface area contributed by atoms with Gasteiger partial charge in [-0.1, -0.05) is 39.8 Å². The summed E-state index contributed by atoms with van der Waals surface area (Å²) in [6.45, 7) is 9.00. The minimum atomic E-state index is -0.934. The number of nitrogens with two attached hydrogens (primary N) is 1. The molecule has 23 heavy (non-hydrogen) atoms. The van der Waals surface area contributed by atoms with Gasteiger partial charge < -0.3 is 15.7 Å². The molecule has 2 rings (SSSR count). The van der Waals surface area contributed by atoms with Crippen molar-refractivity contribution in [3.8, 4) is 0 Å². The number of hydrogen-bond donors (Lipinski definition) is 2. The van der Waals surface area contributed by atoms with Crippen LogP contribution in [0.5, 0.6) is 0 Å². The molecule has 128 valence electrons. The Hall–Kier alpha value is -0.660. The molecular formula is C18H27IN2O2. The number of carbonyl (C=O) groups excluding carboxylic acids is 1. The fraction of sp³-hybridized carbons (Fsp3) is 0.611. The first-order chi connectivity index (χ1) is 10.6. The first kappa shape index (κ1) is 18.7. The molecule has 1 amide bonds. The lowest BCUT2D eigenvalue weighted by atomic mass is 9.66. The molecule has 3 N–H and O–H groups in total. The highest BCUT2D eigenvalue weighted by molar-refractivity contribution is 14.1. The summed E-state index contributed by atoms with van der Waals surface area (Å²) < 4.78 is 1.14. The second-order valence-corrected chi connectivity index (χ2v) is 8.78. The summed E-state index contributed by atoms with van der Waals surface area (Å²) >= 11 is 2.26. The smallest absolute Gasteiger partial charge is 0.239 e. The predicted octanol–water partition coefficient (Wildman–Crippen LogP) is 2.72. The average Bonchev–Trinajstić information content (AvgIpc) is 2.49. The van der Waals surface area contributed by atoms with Crippen LogP contribution in [0, 0.1) is 14.9 Å².